The van der Waals surface area contributed by atoms with E-state index >= 15 is 0 Å². The molecule has 1 N–H and O–H groups in total. The second-order valence-corrected chi connectivity index (χ2v) is 7.43. The fourth-order valence-electron chi connectivity index (χ4n) is 3.94. The third kappa shape index (κ3) is 5.24. The Morgan fingerprint density at radius 3 is 2.88 bits per heavy atom. The van der Waals surface area contributed by atoms with Gasteiger partial charge in [0, 0.05) is 32.7 Å². The van der Waals surface area contributed by atoms with Gasteiger partial charge >= 0.3 is 0 Å². The zero-order valence-corrected chi connectivity index (χ0v) is 16.3. The van der Waals surface area contributed by atoms with E-state index in [-0.39, 0.29) is 6.04 Å². The summed E-state index contributed by atoms with van der Waals surface area (Å²) in [6.45, 7) is 8.73. The number of likely N-dealkylation sites (tertiary alicyclic amines) is 1. The van der Waals surface area contributed by atoms with Gasteiger partial charge in [0.2, 0.25) is 0 Å². The molecule has 0 radical (unpaired) electrons. The molecule has 2 unspecified atom stereocenters. The van der Waals surface area contributed by atoms with Crippen LogP contribution in [0.15, 0.2) is 27.8 Å². The largest absolute Gasteiger partial charge is 0.468 e. The van der Waals surface area contributed by atoms with E-state index in [1.165, 1.54) is 19.3 Å². The number of piperidine rings is 1. The van der Waals surface area contributed by atoms with Crippen LogP contribution in [0.2, 0.25) is 0 Å². The van der Waals surface area contributed by atoms with Crippen molar-refractivity contribution in [2.75, 3.05) is 53.0 Å². The SMILES string of the molecule is CCNC(=NCC(c1ccco1)N1CCCCC1)N(C)CC1CCOC1. The molecule has 3 heterocycles. The number of nitrogens with zero attached hydrogens (tertiary/aromatic N) is 3. The lowest BCUT2D eigenvalue weighted by Gasteiger charge is -2.33. The number of nitrogens with one attached hydrogen (secondary N) is 1. The Morgan fingerprint density at radius 1 is 1.38 bits per heavy atom. The van der Waals surface area contributed by atoms with Gasteiger partial charge in [0.05, 0.1) is 25.5 Å². The Labute approximate surface area is 157 Å². The number of guanidine groups is 1. The Balaban J connectivity index is 1.67. The lowest BCUT2D eigenvalue weighted by Crippen LogP contribution is -2.42. The van der Waals surface area contributed by atoms with Gasteiger partial charge in [0.1, 0.15) is 5.76 Å². The normalized spacial score (nSPS) is 23.2. The van der Waals surface area contributed by atoms with Crippen molar-refractivity contribution in [2.24, 2.45) is 10.9 Å². The standard InChI is InChI=1S/C20H34N4O2/c1-3-21-20(23(2)15-17-9-13-25-16-17)22-14-18(19-8-7-12-26-19)24-10-5-4-6-11-24/h7-8,12,17-18H,3-6,9-11,13-16H2,1-2H3,(H,21,22). The fraction of sp³-hybridized carbons (Fsp3) is 0.750. The maximum Gasteiger partial charge on any atom is 0.193 e. The molecule has 0 aliphatic carbocycles. The second kappa shape index (κ2) is 9.97. The number of furan rings is 1. The van der Waals surface area contributed by atoms with Crippen LogP contribution in [-0.4, -0.2) is 68.7 Å². The molecule has 6 heteroatoms. The monoisotopic (exact) mass is 362 g/mol. The topological polar surface area (TPSA) is 53.2 Å². The molecule has 26 heavy (non-hydrogen) atoms. The Bertz CT molecular complexity index is 534. The first-order valence-corrected chi connectivity index (χ1v) is 10.1. The van der Waals surface area contributed by atoms with Crippen molar-refractivity contribution in [2.45, 2.75) is 38.6 Å². The summed E-state index contributed by atoms with van der Waals surface area (Å²) in [7, 11) is 2.13. The number of rotatable bonds is 7. The van der Waals surface area contributed by atoms with Gasteiger partial charge in [0.25, 0.3) is 0 Å². The van der Waals surface area contributed by atoms with Gasteiger partial charge in [-0.05, 0) is 51.4 Å². The van der Waals surface area contributed by atoms with Crippen LogP contribution in [0.4, 0.5) is 0 Å². The van der Waals surface area contributed by atoms with Gasteiger partial charge in [-0.1, -0.05) is 6.42 Å². The van der Waals surface area contributed by atoms with Crippen molar-refractivity contribution in [3.05, 3.63) is 24.2 Å². The summed E-state index contributed by atoms with van der Waals surface area (Å²) in [6, 6.07) is 4.29. The molecular formula is C20H34N4O2. The summed E-state index contributed by atoms with van der Waals surface area (Å²) < 4.78 is 11.3. The minimum atomic E-state index is 0.224. The predicted molar refractivity (Wildman–Crippen MR) is 104 cm³/mol. The summed E-state index contributed by atoms with van der Waals surface area (Å²) in [5.74, 6) is 2.61. The first-order valence-electron chi connectivity index (χ1n) is 10.1. The highest BCUT2D eigenvalue weighted by atomic mass is 16.5. The van der Waals surface area contributed by atoms with Crippen LogP contribution >= 0.6 is 0 Å². The maximum absolute atomic E-state index is 5.75. The lowest BCUT2D eigenvalue weighted by atomic mass is 10.1. The average molecular weight is 363 g/mol. The van der Waals surface area contributed by atoms with Crippen molar-refractivity contribution in [1.29, 1.82) is 0 Å². The molecule has 0 bridgehead atoms. The third-order valence-corrected chi connectivity index (χ3v) is 5.37. The van der Waals surface area contributed by atoms with Crippen molar-refractivity contribution in [3.8, 4) is 0 Å². The molecule has 1 aromatic heterocycles. The van der Waals surface area contributed by atoms with Crippen LogP contribution in [0.5, 0.6) is 0 Å². The summed E-state index contributed by atoms with van der Waals surface area (Å²) in [5, 5.41) is 3.45. The second-order valence-electron chi connectivity index (χ2n) is 7.43. The Kier molecular flexibility index (Phi) is 7.38. The van der Waals surface area contributed by atoms with E-state index in [9.17, 15) is 0 Å². The lowest BCUT2D eigenvalue weighted by molar-refractivity contribution is 0.150. The van der Waals surface area contributed by atoms with Gasteiger partial charge in [-0.3, -0.25) is 9.89 Å². The molecule has 2 atom stereocenters. The number of aliphatic imine (C=N–C) groups is 1. The number of hydrogen-bond acceptors (Lipinski definition) is 4. The summed E-state index contributed by atoms with van der Waals surface area (Å²) >= 11 is 0. The zero-order valence-electron chi connectivity index (χ0n) is 16.3. The van der Waals surface area contributed by atoms with E-state index in [4.69, 9.17) is 14.1 Å². The smallest absolute Gasteiger partial charge is 0.193 e. The first kappa shape index (κ1) is 19.2. The van der Waals surface area contributed by atoms with E-state index in [1.54, 1.807) is 6.26 Å². The van der Waals surface area contributed by atoms with E-state index in [0.717, 1.165) is 64.1 Å². The van der Waals surface area contributed by atoms with E-state index < -0.39 is 0 Å². The third-order valence-electron chi connectivity index (χ3n) is 5.37. The van der Waals surface area contributed by atoms with Crippen molar-refractivity contribution < 1.29 is 9.15 Å². The van der Waals surface area contributed by atoms with Gasteiger partial charge in [0.15, 0.2) is 5.96 Å². The molecule has 2 saturated heterocycles. The zero-order chi connectivity index (χ0) is 18.2. The van der Waals surface area contributed by atoms with Crippen LogP contribution in [0, 0.1) is 5.92 Å². The minimum absolute atomic E-state index is 0.224. The van der Waals surface area contributed by atoms with Crippen LogP contribution in [0.3, 0.4) is 0 Å². The van der Waals surface area contributed by atoms with Crippen molar-refractivity contribution in [3.63, 3.8) is 0 Å². The molecule has 0 aromatic carbocycles. The molecule has 0 amide bonds. The Hall–Kier alpha value is -1.53. The molecule has 3 rings (SSSR count). The van der Waals surface area contributed by atoms with E-state index in [1.807, 2.05) is 6.07 Å². The molecule has 6 nitrogen and oxygen atoms in total. The molecular weight excluding hydrogens is 328 g/mol. The molecule has 2 aliphatic rings. The van der Waals surface area contributed by atoms with Crippen molar-refractivity contribution in [1.82, 2.24) is 15.1 Å². The molecule has 2 fully saturated rings. The van der Waals surface area contributed by atoms with Crippen molar-refractivity contribution >= 4 is 5.96 Å². The van der Waals surface area contributed by atoms with Gasteiger partial charge in [-0.25, -0.2) is 0 Å². The van der Waals surface area contributed by atoms with E-state index in [2.05, 4.69) is 35.2 Å². The van der Waals surface area contributed by atoms with Crippen LogP contribution in [0.25, 0.3) is 0 Å². The van der Waals surface area contributed by atoms with E-state index in [0.29, 0.717) is 5.92 Å². The highest BCUT2D eigenvalue weighted by Gasteiger charge is 2.25. The van der Waals surface area contributed by atoms with Gasteiger partial charge < -0.3 is 19.4 Å². The highest BCUT2D eigenvalue weighted by Crippen LogP contribution is 2.25. The highest BCUT2D eigenvalue weighted by molar-refractivity contribution is 5.79. The minimum Gasteiger partial charge on any atom is -0.468 e. The Morgan fingerprint density at radius 2 is 2.23 bits per heavy atom. The molecule has 1 aromatic rings. The molecule has 2 aliphatic heterocycles. The maximum atomic E-state index is 5.75. The molecule has 146 valence electrons. The summed E-state index contributed by atoms with van der Waals surface area (Å²) in [5.41, 5.74) is 0. The number of hydrogen-bond donors (Lipinski definition) is 1. The summed E-state index contributed by atoms with van der Waals surface area (Å²) in [6.07, 6.45) is 6.78. The first-order chi connectivity index (χ1) is 12.8. The molecule has 0 saturated carbocycles. The van der Waals surface area contributed by atoms with Crippen LogP contribution < -0.4 is 5.32 Å². The summed E-state index contributed by atoms with van der Waals surface area (Å²) in [4.78, 5) is 9.75. The number of ether oxygens (including phenoxy) is 1. The van der Waals surface area contributed by atoms with Crippen LogP contribution in [-0.2, 0) is 4.74 Å². The predicted octanol–water partition coefficient (Wildman–Crippen LogP) is 2.74. The average Bonchev–Trinajstić information content (AvgIpc) is 3.36. The fourth-order valence-corrected chi connectivity index (χ4v) is 3.94. The molecule has 0 spiro atoms. The van der Waals surface area contributed by atoms with Crippen LogP contribution in [0.1, 0.15) is 44.4 Å². The van der Waals surface area contributed by atoms with Gasteiger partial charge in [-0.15, -0.1) is 0 Å². The quantitative estimate of drug-likeness (QED) is 0.597. The van der Waals surface area contributed by atoms with Gasteiger partial charge in [-0.2, -0.15) is 0 Å².